The minimum Gasteiger partial charge on any atom is -0.358 e. The van der Waals surface area contributed by atoms with Crippen LogP contribution in [0.3, 0.4) is 0 Å². The van der Waals surface area contributed by atoms with Gasteiger partial charge < -0.3 is 9.47 Å². The molecule has 0 saturated carbocycles. The van der Waals surface area contributed by atoms with E-state index in [0.29, 0.717) is 0 Å². The lowest BCUT2D eigenvalue weighted by molar-refractivity contribution is -0.146. The van der Waals surface area contributed by atoms with Crippen molar-refractivity contribution >= 4 is 15.9 Å². The predicted molar refractivity (Wildman–Crippen MR) is 72.1 cm³/mol. The zero-order chi connectivity index (χ0) is 12.7. The quantitative estimate of drug-likeness (QED) is 0.409. The largest absolute Gasteiger partial charge is 0.358 e. The van der Waals surface area contributed by atoms with Gasteiger partial charge in [0, 0.05) is 20.6 Å². The second kappa shape index (κ2) is 6.76. The van der Waals surface area contributed by atoms with Crippen molar-refractivity contribution in [2.75, 3.05) is 32.9 Å². The second-order valence-electron chi connectivity index (χ2n) is 3.91. The Hall–Kier alpha value is -0.883. The number of hydrogen-bond donors (Lipinski definition) is 0. The summed E-state index contributed by atoms with van der Waals surface area (Å²) in [6, 6.07) is 9.98. The van der Waals surface area contributed by atoms with E-state index in [-0.39, 0.29) is 0 Å². The third kappa shape index (κ3) is 4.12. The summed E-state index contributed by atoms with van der Waals surface area (Å²) in [5, 5.41) is 1.84. The molecule has 5 heteroatoms. The lowest BCUT2D eigenvalue weighted by Crippen LogP contribution is -2.38. The van der Waals surface area contributed by atoms with Gasteiger partial charge in [-0.1, -0.05) is 18.2 Å². The van der Waals surface area contributed by atoms with E-state index in [1.807, 2.05) is 35.4 Å². The molecule has 0 fully saturated rings. The molecule has 0 amide bonds. The molecule has 0 saturated heterocycles. The maximum Gasteiger partial charge on any atom is 0.142 e. The minimum atomic E-state index is -0.439. The molecule has 0 aromatic heterocycles. The maximum atomic E-state index is 5.38. The van der Waals surface area contributed by atoms with Crippen LogP contribution in [0.2, 0.25) is 0 Å². The number of rotatable bonds is 7. The molecule has 0 heterocycles. The molecule has 0 unspecified atom stereocenters. The average molecular weight is 255 g/mol. The summed E-state index contributed by atoms with van der Waals surface area (Å²) in [5.41, 5.74) is 0.595. The zero-order valence-electron chi connectivity index (χ0n) is 11.0. The lowest BCUT2D eigenvalue weighted by atomic mass is 10.3. The van der Waals surface area contributed by atoms with E-state index >= 15 is 0 Å². The molecule has 0 atom stereocenters. The van der Waals surface area contributed by atoms with Gasteiger partial charge in [0.1, 0.15) is 5.41 Å². The SMILES string of the molecule is CON(CCC([SiH3])(OC)OC)c1ccccc1. The number of hydroxylamine groups is 1. The first kappa shape index (κ1) is 14.2. The number of nitrogens with zero attached hydrogens (tertiary/aromatic N) is 1. The van der Waals surface area contributed by atoms with E-state index in [1.165, 1.54) is 0 Å². The summed E-state index contributed by atoms with van der Waals surface area (Å²) < 4.78 is 10.8. The fourth-order valence-corrected chi connectivity index (χ4v) is 1.74. The molecule has 96 valence electrons. The molecule has 0 bridgehead atoms. The monoisotopic (exact) mass is 255 g/mol. The highest BCUT2D eigenvalue weighted by molar-refractivity contribution is 6.13. The van der Waals surface area contributed by atoms with Crippen molar-refractivity contribution in [2.24, 2.45) is 0 Å². The molecule has 0 aliphatic rings. The number of hydrogen-bond acceptors (Lipinski definition) is 4. The topological polar surface area (TPSA) is 30.9 Å². The van der Waals surface area contributed by atoms with Crippen LogP contribution in [-0.2, 0) is 14.3 Å². The molecular weight excluding hydrogens is 234 g/mol. The van der Waals surface area contributed by atoms with Crippen molar-refractivity contribution in [2.45, 2.75) is 11.8 Å². The Balaban J connectivity index is 2.60. The Labute approximate surface area is 106 Å². The van der Waals surface area contributed by atoms with Gasteiger partial charge in [-0.3, -0.25) is 9.90 Å². The minimum absolute atomic E-state index is 0.439. The second-order valence-corrected chi connectivity index (χ2v) is 5.44. The summed E-state index contributed by atoms with van der Waals surface area (Å²) in [6.45, 7) is 0.728. The van der Waals surface area contributed by atoms with Crippen LogP contribution in [0.15, 0.2) is 30.3 Å². The summed E-state index contributed by atoms with van der Waals surface area (Å²) in [7, 11) is 5.83. The van der Waals surface area contributed by atoms with Gasteiger partial charge in [-0.05, 0) is 12.1 Å². The fraction of sp³-hybridized carbons (Fsp3) is 0.500. The van der Waals surface area contributed by atoms with E-state index in [4.69, 9.17) is 14.3 Å². The predicted octanol–water partition coefficient (Wildman–Crippen LogP) is 0.756. The van der Waals surface area contributed by atoms with Gasteiger partial charge in [-0.15, -0.1) is 0 Å². The van der Waals surface area contributed by atoms with Crippen LogP contribution in [0.5, 0.6) is 0 Å². The lowest BCUT2D eigenvalue weighted by Gasteiger charge is -2.30. The zero-order valence-corrected chi connectivity index (χ0v) is 13.0. The van der Waals surface area contributed by atoms with Gasteiger partial charge in [0.15, 0.2) is 0 Å². The summed E-state index contributed by atoms with van der Waals surface area (Å²) in [5.74, 6) is 0. The highest BCUT2D eigenvalue weighted by Crippen LogP contribution is 2.17. The summed E-state index contributed by atoms with van der Waals surface area (Å²) >= 11 is 0. The van der Waals surface area contributed by atoms with E-state index in [9.17, 15) is 0 Å². The molecule has 0 aliphatic carbocycles. The van der Waals surface area contributed by atoms with Crippen LogP contribution in [0.4, 0.5) is 5.69 Å². The van der Waals surface area contributed by atoms with E-state index in [0.717, 1.165) is 28.9 Å². The van der Waals surface area contributed by atoms with Crippen molar-refractivity contribution in [1.82, 2.24) is 0 Å². The first-order chi connectivity index (χ1) is 8.15. The molecule has 0 aliphatic heterocycles. The van der Waals surface area contributed by atoms with E-state index < -0.39 is 5.41 Å². The molecule has 1 aromatic rings. The number of ether oxygens (including phenoxy) is 2. The summed E-state index contributed by atoms with van der Waals surface area (Å²) in [4.78, 5) is 5.36. The van der Waals surface area contributed by atoms with Crippen LogP contribution >= 0.6 is 0 Å². The highest BCUT2D eigenvalue weighted by atomic mass is 28.1. The molecular formula is C12H21NO3Si. The van der Waals surface area contributed by atoms with Crippen LogP contribution in [0.25, 0.3) is 0 Å². The van der Waals surface area contributed by atoms with Gasteiger partial charge in [0.05, 0.1) is 29.6 Å². The first-order valence-electron chi connectivity index (χ1n) is 5.62. The number of methoxy groups -OCH3 is 2. The molecule has 4 nitrogen and oxygen atoms in total. The molecule has 0 N–H and O–H groups in total. The standard InChI is InChI=1S/C12H21NO3Si/c1-14-12(17,15-2)9-10-13(16-3)11-7-5-4-6-8-11/h4-8H,9-10H2,1-3,17H3. The first-order valence-corrected chi connectivity index (χ1v) is 6.62. The van der Waals surface area contributed by atoms with Gasteiger partial charge in [-0.2, -0.15) is 0 Å². The smallest absolute Gasteiger partial charge is 0.142 e. The Kier molecular flexibility index (Phi) is 5.63. The number of anilines is 1. The van der Waals surface area contributed by atoms with Crippen molar-refractivity contribution in [3.63, 3.8) is 0 Å². The normalized spacial score (nSPS) is 11.7. The third-order valence-electron chi connectivity index (χ3n) is 2.90. The van der Waals surface area contributed by atoms with Crippen molar-refractivity contribution < 1.29 is 14.3 Å². The van der Waals surface area contributed by atoms with Gasteiger partial charge >= 0.3 is 0 Å². The van der Waals surface area contributed by atoms with Gasteiger partial charge in [0.2, 0.25) is 0 Å². The Morgan fingerprint density at radius 3 is 2.18 bits per heavy atom. The van der Waals surface area contributed by atoms with Crippen LogP contribution in [-0.4, -0.2) is 43.5 Å². The van der Waals surface area contributed by atoms with Crippen molar-refractivity contribution in [3.8, 4) is 0 Å². The number of para-hydroxylation sites is 1. The van der Waals surface area contributed by atoms with E-state index in [1.54, 1.807) is 21.3 Å². The maximum absolute atomic E-state index is 5.38. The molecule has 1 aromatic carbocycles. The van der Waals surface area contributed by atoms with Crippen LogP contribution in [0, 0.1) is 0 Å². The van der Waals surface area contributed by atoms with Gasteiger partial charge in [-0.25, -0.2) is 0 Å². The van der Waals surface area contributed by atoms with Crippen molar-refractivity contribution in [1.29, 1.82) is 0 Å². The Morgan fingerprint density at radius 1 is 1.12 bits per heavy atom. The average Bonchev–Trinajstić information content (AvgIpc) is 2.40. The molecule has 17 heavy (non-hydrogen) atoms. The van der Waals surface area contributed by atoms with E-state index in [2.05, 4.69) is 0 Å². The molecule has 0 spiro atoms. The third-order valence-corrected chi connectivity index (χ3v) is 4.21. The molecule has 0 radical (unpaired) electrons. The fourth-order valence-electron chi connectivity index (χ4n) is 1.51. The van der Waals surface area contributed by atoms with Crippen LogP contribution < -0.4 is 5.06 Å². The Bertz CT molecular complexity index is 317. The van der Waals surface area contributed by atoms with Gasteiger partial charge in [0.25, 0.3) is 0 Å². The summed E-state index contributed by atoms with van der Waals surface area (Å²) in [6.07, 6.45) is 0.773. The highest BCUT2D eigenvalue weighted by Gasteiger charge is 2.23. The van der Waals surface area contributed by atoms with Crippen molar-refractivity contribution in [3.05, 3.63) is 30.3 Å². The van der Waals surface area contributed by atoms with Crippen LogP contribution in [0.1, 0.15) is 6.42 Å². The Morgan fingerprint density at radius 2 is 1.71 bits per heavy atom. The number of benzene rings is 1. The molecule has 1 rings (SSSR count).